The topological polar surface area (TPSA) is 102 Å². The third-order valence-electron chi connectivity index (χ3n) is 5.31. The number of aryl methyl sites for hydroxylation is 2. The van der Waals surface area contributed by atoms with Gasteiger partial charge in [-0.05, 0) is 62.8 Å². The molecule has 1 saturated carbocycles. The van der Waals surface area contributed by atoms with E-state index < -0.39 is 28.6 Å². The maximum Gasteiger partial charge on any atom is 0.321 e. The highest BCUT2D eigenvalue weighted by Crippen LogP contribution is 2.23. The molecule has 8 heteroatoms. The second-order valence-corrected chi connectivity index (χ2v) is 9.35. The first-order valence-corrected chi connectivity index (χ1v) is 11.1. The van der Waals surface area contributed by atoms with Crippen molar-refractivity contribution in [3.63, 3.8) is 0 Å². The average Bonchev–Trinajstić information content (AvgIpc) is 2.64. The lowest BCUT2D eigenvalue weighted by molar-refractivity contribution is -0.154. The van der Waals surface area contributed by atoms with Crippen molar-refractivity contribution in [3.8, 4) is 0 Å². The first kappa shape index (κ1) is 22.4. The maximum absolute atomic E-state index is 12.3. The number of carbonyl (C=O) groups excluding carboxylic acids is 2. The highest BCUT2D eigenvalue weighted by atomic mass is 32.2. The Labute approximate surface area is 167 Å². The van der Waals surface area contributed by atoms with Crippen LogP contribution in [0.25, 0.3) is 0 Å². The Balaban J connectivity index is 1.85. The summed E-state index contributed by atoms with van der Waals surface area (Å²) < 4.78 is 31.9. The van der Waals surface area contributed by atoms with Gasteiger partial charge in [-0.1, -0.05) is 25.8 Å². The molecule has 1 aromatic carbocycles. The molecule has 0 bridgehead atoms. The molecule has 1 amide bonds. The van der Waals surface area contributed by atoms with Crippen molar-refractivity contribution in [1.29, 1.82) is 0 Å². The van der Waals surface area contributed by atoms with E-state index in [4.69, 9.17) is 4.74 Å². The van der Waals surface area contributed by atoms with Crippen LogP contribution in [0.3, 0.4) is 0 Å². The first-order chi connectivity index (χ1) is 13.1. The number of ether oxygens (including phenoxy) is 1. The molecule has 1 aliphatic rings. The molecule has 0 aliphatic heterocycles. The van der Waals surface area contributed by atoms with E-state index in [1.165, 1.54) is 19.4 Å². The van der Waals surface area contributed by atoms with E-state index in [0.29, 0.717) is 5.92 Å². The number of hydrogen-bond donors (Lipinski definition) is 2. The summed E-state index contributed by atoms with van der Waals surface area (Å²) in [4.78, 5) is 24.3. The molecule has 28 heavy (non-hydrogen) atoms. The standard InChI is InChI=1S/C20H30N2O5S/c1-13-9-10-17(11-15(13)3)28(25,26)21-12-19(23)27-16(4)20(24)22-18-8-6-5-7-14(18)2/h9-11,14,16,18,21H,5-8,12H2,1-4H3,(H,22,24)/t14-,16-,18-/m0/s1. The van der Waals surface area contributed by atoms with Gasteiger partial charge in [-0.3, -0.25) is 9.59 Å². The molecule has 2 N–H and O–H groups in total. The van der Waals surface area contributed by atoms with Gasteiger partial charge in [0.25, 0.3) is 5.91 Å². The summed E-state index contributed by atoms with van der Waals surface area (Å²) in [6, 6.07) is 4.83. The lowest BCUT2D eigenvalue weighted by Gasteiger charge is -2.30. The van der Waals surface area contributed by atoms with Gasteiger partial charge < -0.3 is 10.1 Å². The zero-order valence-electron chi connectivity index (χ0n) is 16.9. The van der Waals surface area contributed by atoms with Crippen LogP contribution in [0.2, 0.25) is 0 Å². The van der Waals surface area contributed by atoms with Crippen molar-refractivity contribution >= 4 is 21.9 Å². The van der Waals surface area contributed by atoms with Gasteiger partial charge in [0.2, 0.25) is 10.0 Å². The van der Waals surface area contributed by atoms with E-state index in [1.807, 2.05) is 13.8 Å². The number of esters is 1. The predicted molar refractivity (Wildman–Crippen MR) is 106 cm³/mol. The molecular weight excluding hydrogens is 380 g/mol. The van der Waals surface area contributed by atoms with Crippen molar-refractivity contribution < 1.29 is 22.7 Å². The molecule has 0 heterocycles. The molecule has 0 radical (unpaired) electrons. The Morgan fingerprint density at radius 3 is 2.50 bits per heavy atom. The van der Waals surface area contributed by atoms with Gasteiger partial charge >= 0.3 is 5.97 Å². The molecule has 0 spiro atoms. The van der Waals surface area contributed by atoms with E-state index in [2.05, 4.69) is 17.0 Å². The molecular formula is C20H30N2O5S. The predicted octanol–water partition coefficient (Wildman–Crippen LogP) is 2.21. The number of nitrogens with one attached hydrogen (secondary N) is 2. The zero-order valence-corrected chi connectivity index (χ0v) is 17.8. The SMILES string of the molecule is Cc1ccc(S(=O)(=O)NCC(=O)O[C@@H](C)C(=O)N[C@H]2CCCC[C@@H]2C)cc1C. The minimum absolute atomic E-state index is 0.0838. The molecule has 1 fully saturated rings. The summed E-state index contributed by atoms with van der Waals surface area (Å²) in [6.45, 7) is 6.75. The monoisotopic (exact) mass is 410 g/mol. The Morgan fingerprint density at radius 2 is 1.86 bits per heavy atom. The van der Waals surface area contributed by atoms with Crippen molar-refractivity contribution in [2.45, 2.75) is 70.4 Å². The highest BCUT2D eigenvalue weighted by molar-refractivity contribution is 7.89. The number of benzene rings is 1. The van der Waals surface area contributed by atoms with Crippen LogP contribution in [0.5, 0.6) is 0 Å². The van der Waals surface area contributed by atoms with Gasteiger partial charge in [0.15, 0.2) is 6.10 Å². The van der Waals surface area contributed by atoms with Crippen molar-refractivity contribution in [3.05, 3.63) is 29.3 Å². The van der Waals surface area contributed by atoms with Gasteiger partial charge in [0.1, 0.15) is 6.54 Å². The second-order valence-electron chi connectivity index (χ2n) is 7.58. The van der Waals surface area contributed by atoms with Gasteiger partial charge in [0.05, 0.1) is 4.90 Å². The summed E-state index contributed by atoms with van der Waals surface area (Å²) in [5.41, 5.74) is 1.82. The summed E-state index contributed by atoms with van der Waals surface area (Å²) in [5, 5.41) is 2.93. The Kier molecular flexibility index (Phi) is 7.60. The van der Waals surface area contributed by atoms with Crippen LogP contribution in [0.4, 0.5) is 0 Å². The smallest absolute Gasteiger partial charge is 0.321 e. The number of carbonyl (C=O) groups is 2. The summed E-state index contributed by atoms with van der Waals surface area (Å²) >= 11 is 0. The number of amides is 1. The summed E-state index contributed by atoms with van der Waals surface area (Å²) in [5.74, 6) is -0.763. The Bertz CT molecular complexity index is 822. The average molecular weight is 411 g/mol. The molecule has 1 aliphatic carbocycles. The van der Waals surface area contributed by atoms with Crippen molar-refractivity contribution in [2.24, 2.45) is 5.92 Å². The zero-order chi connectivity index (χ0) is 20.9. The number of hydrogen-bond acceptors (Lipinski definition) is 5. The van der Waals surface area contributed by atoms with E-state index in [0.717, 1.165) is 30.4 Å². The first-order valence-electron chi connectivity index (χ1n) is 9.67. The van der Waals surface area contributed by atoms with Crippen LogP contribution >= 0.6 is 0 Å². The van der Waals surface area contributed by atoms with E-state index >= 15 is 0 Å². The quantitative estimate of drug-likeness (QED) is 0.671. The molecule has 156 valence electrons. The van der Waals surface area contributed by atoms with E-state index in [1.54, 1.807) is 12.1 Å². The van der Waals surface area contributed by atoms with Crippen LogP contribution in [0, 0.1) is 19.8 Å². The Hall–Kier alpha value is -1.93. The van der Waals surface area contributed by atoms with Crippen molar-refractivity contribution in [1.82, 2.24) is 10.0 Å². The maximum atomic E-state index is 12.3. The fourth-order valence-corrected chi connectivity index (χ4v) is 4.30. The minimum atomic E-state index is -3.83. The van der Waals surface area contributed by atoms with Crippen LogP contribution in [0.1, 0.15) is 50.7 Å². The number of sulfonamides is 1. The third-order valence-corrected chi connectivity index (χ3v) is 6.71. The van der Waals surface area contributed by atoms with Gasteiger partial charge in [-0.25, -0.2) is 8.42 Å². The molecule has 0 unspecified atom stereocenters. The number of rotatable bonds is 7. The van der Waals surface area contributed by atoms with Crippen LogP contribution in [0.15, 0.2) is 23.1 Å². The Morgan fingerprint density at radius 1 is 1.18 bits per heavy atom. The lowest BCUT2D eigenvalue weighted by Crippen LogP contribution is -2.46. The van der Waals surface area contributed by atoms with E-state index in [9.17, 15) is 18.0 Å². The molecule has 1 aromatic rings. The van der Waals surface area contributed by atoms with Gasteiger partial charge in [-0.2, -0.15) is 4.72 Å². The third kappa shape index (κ3) is 6.04. The summed E-state index contributed by atoms with van der Waals surface area (Å²) in [7, 11) is -3.83. The van der Waals surface area contributed by atoms with Crippen LogP contribution in [-0.4, -0.2) is 39.0 Å². The van der Waals surface area contributed by atoms with Gasteiger partial charge in [0, 0.05) is 6.04 Å². The van der Waals surface area contributed by atoms with Crippen molar-refractivity contribution in [2.75, 3.05) is 6.54 Å². The van der Waals surface area contributed by atoms with E-state index in [-0.39, 0.29) is 16.8 Å². The molecule has 0 aromatic heterocycles. The largest absolute Gasteiger partial charge is 0.452 e. The van der Waals surface area contributed by atoms with Gasteiger partial charge in [-0.15, -0.1) is 0 Å². The molecule has 7 nitrogen and oxygen atoms in total. The highest BCUT2D eigenvalue weighted by Gasteiger charge is 2.26. The molecule has 0 saturated heterocycles. The molecule has 3 atom stereocenters. The van der Waals surface area contributed by atoms with Crippen LogP contribution < -0.4 is 10.0 Å². The fraction of sp³-hybridized carbons (Fsp3) is 0.600. The minimum Gasteiger partial charge on any atom is -0.452 e. The normalized spacial score (nSPS) is 21.0. The summed E-state index contributed by atoms with van der Waals surface area (Å²) in [6.07, 6.45) is 3.25. The van der Waals surface area contributed by atoms with Crippen LogP contribution in [-0.2, 0) is 24.3 Å². The molecule has 2 rings (SSSR count). The second kappa shape index (κ2) is 9.52. The fourth-order valence-electron chi connectivity index (χ4n) is 3.24. The lowest BCUT2D eigenvalue weighted by atomic mass is 9.86.